The highest BCUT2D eigenvalue weighted by Gasteiger charge is 2.39. The van der Waals surface area contributed by atoms with Gasteiger partial charge in [-0.2, -0.15) is 5.26 Å². The van der Waals surface area contributed by atoms with Crippen LogP contribution >= 0.6 is 0 Å². The maximum Gasteiger partial charge on any atom is 0.132 e. The highest BCUT2D eigenvalue weighted by atomic mass is 16.5. The van der Waals surface area contributed by atoms with Gasteiger partial charge >= 0.3 is 0 Å². The Hall–Kier alpha value is -0.590. The van der Waals surface area contributed by atoms with Crippen molar-refractivity contribution >= 4 is 0 Å². The highest BCUT2D eigenvalue weighted by molar-refractivity contribution is 5.10. The van der Waals surface area contributed by atoms with Crippen LogP contribution in [0, 0.1) is 11.3 Å². The average molecular weight is 194 g/mol. The molecule has 0 aromatic heterocycles. The second-order valence-corrected chi connectivity index (χ2v) is 4.35. The van der Waals surface area contributed by atoms with Crippen molar-refractivity contribution in [3.8, 4) is 6.07 Å². The summed E-state index contributed by atoms with van der Waals surface area (Å²) in [5, 5.41) is 9.32. The van der Waals surface area contributed by atoms with Gasteiger partial charge < -0.3 is 4.74 Å². The van der Waals surface area contributed by atoms with Gasteiger partial charge in [0, 0.05) is 6.61 Å². The second kappa shape index (κ2) is 4.29. The van der Waals surface area contributed by atoms with Gasteiger partial charge in [-0.15, -0.1) is 0 Å². The third kappa shape index (κ3) is 1.77. The van der Waals surface area contributed by atoms with Crippen LogP contribution < -0.4 is 0 Å². The lowest BCUT2D eigenvalue weighted by Crippen LogP contribution is -2.54. The first kappa shape index (κ1) is 9.95. The van der Waals surface area contributed by atoms with Crippen LogP contribution in [-0.4, -0.2) is 36.7 Å². The first-order valence-electron chi connectivity index (χ1n) is 5.61. The molecule has 2 aliphatic rings. The van der Waals surface area contributed by atoms with Crippen molar-refractivity contribution in [1.82, 2.24) is 4.90 Å². The summed E-state index contributed by atoms with van der Waals surface area (Å²) in [4.78, 5) is 2.34. The van der Waals surface area contributed by atoms with Gasteiger partial charge in [-0.3, -0.25) is 4.90 Å². The second-order valence-electron chi connectivity index (χ2n) is 4.35. The Morgan fingerprint density at radius 1 is 1.14 bits per heavy atom. The lowest BCUT2D eigenvalue weighted by molar-refractivity contribution is -0.0261. The average Bonchev–Trinajstić information content (AvgIpc) is 2.31. The van der Waals surface area contributed by atoms with Crippen LogP contribution in [-0.2, 0) is 4.74 Å². The van der Waals surface area contributed by atoms with E-state index in [-0.39, 0.29) is 5.54 Å². The van der Waals surface area contributed by atoms with Gasteiger partial charge in [-0.1, -0.05) is 6.42 Å². The fourth-order valence-corrected chi connectivity index (χ4v) is 2.51. The Kier molecular flexibility index (Phi) is 3.05. The summed E-state index contributed by atoms with van der Waals surface area (Å²) in [7, 11) is 0. The molecule has 0 N–H and O–H groups in total. The minimum Gasteiger partial charge on any atom is -0.378 e. The summed E-state index contributed by atoms with van der Waals surface area (Å²) >= 11 is 0. The van der Waals surface area contributed by atoms with Crippen molar-refractivity contribution in [2.24, 2.45) is 0 Å². The number of hydrogen-bond donors (Lipinski definition) is 0. The fraction of sp³-hybridized carbons (Fsp3) is 0.909. The number of likely N-dealkylation sites (tertiary alicyclic amines) is 1. The van der Waals surface area contributed by atoms with Crippen LogP contribution in [0.15, 0.2) is 0 Å². The van der Waals surface area contributed by atoms with E-state index in [1.165, 1.54) is 19.3 Å². The zero-order valence-electron chi connectivity index (χ0n) is 8.67. The molecule has 14 heavy (non-hydrogen) atoms. The van der Waals surface area contributed by atoms with Gasteiger partial charge in [-0.05, 0) is 38.8 Å². The molecule has 2 fully saturated rings. The van der Waals surface area contributed by atoms with Crippen LogP contribution in [0.1, 0.15) is 32.1 Å². The van der Waals surface area contributed by atoms with E-state index in [9.17, 15) is 5.26 Å². The highest BCUT2D eigenvalue weighted by Crippen LogP contribution is 2.28. The predicted octanol–water partition coefficient (Wildman–Crippen LogP) is 1.55. The van der Waals surface area contributed by atoms with Crippen LogP contribution in [0.5, 0.6) is 0 Å². The molecule has 1 atom stereocenters. The minimum atomic E-state index is -0.293. The fourth-order valence-electron chi connectivity index (χ4n) is 2.51. The normalized spacial score (nSPS) is 35.1. The zero-order chi connectivity index (χ0) is 9.86. The summed E-state index contributed by atoms with van der Waals surface area (Å²) in [6.07, 6.45) is 5.82. The van der Waals surface area contributed by atoms with Gasteiger partial charge in [0.1, 0.15) is 5.54 Å². The maximum absolute atomic E-state index is 9.32. The lowest BCUT2D eigenvalue weighted by atomic mass is 9.90. The first-order valence-corrected chi connectivity index (χ1v) is 5.61. The number of piperidine rings is 1. The predicted molar refractivity (Wildman–Crippen MR) is 53.8 cm³/mol. The van der Waals surface area contributed by atoms with Gasteiger partial charge in [0.25, 0.3) is 0 Å². The van der Waals surface area contributed by atoms with E-state index in [0.717, 1.165) is 32.5 Å². The summed E-state index contributed by atoms with van der Waals surface area (Å²) < 4.78 is 5.47. The molecule has 2 aliphatic heterocycles. The SMILES string of the molecule is N#CC1(N2CCCCC2)CCCOC1. The summed E-state index contributed by atoms with van der Waals surface area (Å²) in [5.41, 5.74) is -0.293. The Bertz CT molecular complexity index is 222. The van der Waals surface area contributed by atoms with Crippen LogP contribution in [0.3, 0.4) is 0 Å². The summed E-state index contributed by atoms with van der Waals surface area (Å²) in [5.74, 6) is 0. The van der Waals surface area contributed by atoms with E-state index in [1.54, 1.807) is 0 Å². The monoisotopic (exact) mass is 194 g/mol. The number of rotatable bonds is 1. The molecular weight excluding hydrogens is 176 g/mol. The number of nitrogens with zero attached hydrogens (tertiary/aromatic N) is 2. The molecule has 78 valence electrons. The van der Waals surface area contributed by atoms with Gasteiger partial charge in [0.15, 0.2) is 0 Å². The molecule has 0 bridgehead atoms. The molecule has 0 saturated carbocycles. The standard InChI is InChI=1S/C11H18N2O/c12-9-11(5-4-8-14-10-11)13-6-2-1-3-7-13/h1-8,10H2. The van der Waals surface area contributed by atoms with Gasteiger partial charge in [-0.25, -0.2) is 0 Å². The molecule has 1 unspecified atom stereocenters. The van der Waals surface area contributed by atoms with E-state index < -0.39 is 0 Å². The van der Waals surface area contributed by atoms with Crippen molar-refractivity contribution in [2.45, 2.75) is 37.6 Å². The minimum absolute atomic E-state index is 0.293. The Morgan fingerprint density at radius 3 is 2.50 bits per heavy atom. The third-order valence-electron chi connectivity index (χ3n) is 3.39. The number of hydrogen-bond acceptors (Lipinski definition) is 3. The molecule has 2 rings (SSSR count). The van der Waals surface area contributed by atoms with Crippen LogP contribution in [0.2, 0.25) is 0 Å². The molecule has 0 aromatic rings. The molecule has 2 saturated heterocycles. The summed E-state index contributed by atoms with van der Waals surface area (Å²) in [6, 6.07) is 2.49. The van der Waals surface area contributed by atoms with Gasteiger partial charge in [0.2, 0.25) is 0 Å². The molecule has 3 nitrogen and oxygen atoms in total. The molecule has 0 aromatic carbocycles. The smallest absolute Gasteiger partial charge is 0.132 e. The molecule has 0 radical (unpaired) electrons. The quantitative estimate of drug-likeness (QED) is 0.635. The lowest BCUT2D eigenvalue weighted by Gasteiger charge is -2.42. The number of nitriles is 1. The molecule has 0 amide bonds. The Morgan fingerprint density at radius 2 is 1.93 bits per heavy atom. The van der Waals surface area contributed by atoms with E-state index >= 15 is 0 Å². The van der Waals surface area contributed by atoms with Crippen molar-refractivity contribution in [1.29, 1.82) is 5.26 Å². The molecule has 2 heterocycles. The van der Waals surface area contributed by atoms with Crippen molar-refractivity contribution in [3.05, 3.63) is 0 Å². The molecule has 0 aliphatic carbocycles. The Balaban J connectivity index is 2.06. The van der Waals surface area contributed by atoms with Crippen molar-refractivity contribution in [2.75, 3.05) is 26.3 Å². The van der Waals surface area contributed by atoms with Crippen molar-refractivity contribution in [3.63, 3.8) is 0 Å². The van der Waals surface area contributed by atoms with Crippen LogP contribution in [0.25, 0.3) is 0 Å². The molecule has 3 heteroatoms. The Labute approximate surface area is 85.6 Å². The van der Waals surface area contributed by atoms with E-state index in [4.69, 9.17) is 4.74 Å². The van der Waals surface area contributed by atoms with E-state index in [0.29, 0.717) is 6.61 Å². The maximum atomic E-state index is 9.32. The van der Waals surface area contributed by atoms with Crippen LogP contribution in [0.4, 0.5) is 0 Å². The first-order chi connectivity index (χ1) is 6.87. The topological polar surface area (TPSA) is 36.3 Å². The van der Waals surface area contributed by atoms with E-state index in [2.05, 4.69) is 11.0 Å². The third-order valence-corrected chi connectivity index (χ3v) is 3.39. The largest absolute Gasteiger partial charge is 0.378 e. The molecular formula is C11H18N2O. The van der Waals surface area contributed by atoms with Crippen molar-refractivity contribution < 1.29 is 4.74 Å². The zero-order valence-corrected chi connectivity index (χ0v) is 8.67. The number of ether oxygens (including phenoxy) is 1. The summed E-state index contributed by atoms with van der Waals surface area (Å²) in [6.45, 7) is 3.61. The van der Waals surface area contributed by atoms with E-state index in [1.807, 2.05) is 0 Å². The molecule has 0 spiro atoms. The van der Waals surface area contributed by atoms with Gasteiger partial charge in [0.05, 0.1) is 12.7 Å².